The Bertz CT molecular complexity index is 609. The minimum atomic E-state index is 0. The molecule has 0 saturated carbocycles. The van der Waals surface area contributed by atoms with Gasteiger partial charge in [-0.25, -0.2) is 4.98 Å². The van der Waals surface area contributed by atoms with E-state index in [0.29, 0.717) is 0 Å². The van der Waals surface area contributed by atoms with Crippen LogP contribution < -0.4 is 0 Å². The average Bonchev–Trinajstić information content (AvgIpc) is 2.77. The fraction of sp³-hybridized carbons (Fsp3) is 0.0833. The molecule has 5 heteroatoms. The molecule has 1 aromatic carbocycles. The number of thiophene rings is 1. The molecule has 2 nitrogen and oxygen atoms in total. The Morgan fingerprint density at radius 1 is 1.29 bits per heavy atom. The highest BCUT2D eigenvalue weighted by Gasteiger charge is 2.11. The van der Waals surface area contributed by atoms with Gasteiger partial charge in [0.05, 0.1) is 16.1 Å². The van der Waals surface area contributed by atoms with Crippen LogP contribution in [-0.2, 0) is 0 Å². The van der Waals surface area contributed by atoms with Crippen molar-refractivity contribution >= 4 is 46.4 Å². The monoisotopic (exact) mass is 284 g/mol. The van der Waals surface area contributed by atoms with Gasteiger partial charge in [-0.05, 0) is 18.6 Å². The third kappa shape index (κ3) is 2.06. The number of nitrogens with one attached hydrogen (secondary N) is 1. The zero-order valence-corrected chi connectivity index (χ0v) is 11.4. The molecular weight excluding hydrogens is 275 g/mol. The quantitative estimate of drug-likeness (QED) is 0.691. The fourth-order valence-corrected chi connectivity index (χ4v) is 2.80. The number of rotatable bonds is 1. The van der Waals surface area contributed by atoms with Crippen LogP contribution in [-0.4, -0.2) is 9.97 Å². The Hall–Kier alpha value is -1.03. The molecule has 2 heterocycles. The lowest BCUT2D eigenvalue weighted by molar-refractivity contribution is 1.31. The molecule has 3 rings (SSSR count). The van der Waals surface area contributed by atoms with Crippen LogP contribution >= 0.6 is 35.3 Å². The number of nitrogens with zero attached hydrogens (tertiary/aromatic N) is 1. The van der Waals surface area contributed by atoms with Crippen LogP contribution in [0.2, 0.25) is 5.02 Å². The molecule has 0 bridgehead atoms. The summed E-state index contributed by atoms with van der Waals surface area (Å²) in [7, 11) is 0. The van der Waals surface area contributed by atoms with Crippen molar-refractivity contribution < 1.29 is 0 Å². The van der Waals surface area contributed by atoms with Crippen molar-refractivity contribution in [2.45, 2.75) is 6.92 Å². The van der Waals surface area contributed by atoms with E-state index in [2.05, 4.69) is 15.3 Å². The van der Waals surface area contributed by atoms with Gasteiger partial charge in [-0.15, -0.1) is 23.7 Å². The van der Waals surface area contributed by atoms with Crippen molar-refractivity contribution in [2.75, 3.05) is 0 Å². The van der Waals surface area contributed by atoms with E-state index in [0.717, 1.165) is 33.0 Å². The predicted octanol–water partition coefficient (Wildman–Crippen LogP) is 4.68. The second-order valence-corrected chi connectivity index (χ2v) is 4.84. The van der Waals surface area contributed by atoms with E-state index in [-0.39, 0.29) is 12.4 Å². The molecule has 88 valence electrons. The standard InChI is InChI=1S/C12H9ClN2S.ClH/c1-7-3-2-4-8(13)11(7)12-14-9-5-16-6-10(9)15-12;/h2-6H,1H3,(H,14,15);1H. The third-order valence-electron chi connectivity index (χ3n) is 2.59. The van der Waals surface area contributed by atoms with Gasteiger partial charge in [0.2, 0.25) is 0 Å². The second-order valence-electron chi connectivity index (χ2n) is 3.69. The van der Waals surface area contributed by atoms with Crippen LogP contribution in [0, 0.1) is 6.92 Å². The highest BCUT2D eigenvalue weighted by Crippen LogP contribution is 2.31. The lowest BCUT2D eigenvalue weighted by Crippen LogP contribution is -1.86. The first kappa shape index (κ1) is 12.4. The van der Waals surface area contributed by atoms with Crippen molar-refractivity contribution in [1.29, 1.82) is 0 Å². The van der Waals surface area contributed by atoms with Gasteiger partial charge in [-0.1, -0.05) is 23.7 Å². The summed E-state index contributed by atoms with van der Waals surface area (Å²) in [6, 6.07) is 5.88. The summed E-state index contributed by atoms with van der Waals surface area (Å²) in [5, 5.41) is 4.82. The lowest BCUT2D eigenvalue weighted by atomic mass is 10.1. The Morgan fingerprint density at radius 3 is 2.82 bits per heavy atom. The van der Waals surface area contributed by atoms with Crippen LogP contribution in [0.4, 0.5) is 0 Å². The number of H-pyrrole nitrogens is 1. The van der Waals surface area contributed by atoms with E-state index in [1.54, 1.807) is 11.3 Å². The minimum absolute atomic E-state index is 0. The van der Waals surface area contributed by atoms with E-state index < -0.39 is 0 Å². The van der Waals surface area contributed by atoms with Gasteiger partial charge in [-0.3, -0.25) is 0 Å². The topological polar surface area (TPSA) is 28.7 Å². The lowest BCUT2D eigenvalue weighted by Gasteiger charge is -2.04. The van der Waals surface area contributed by atoms with Crippen molar-refractivity contribution in [1.82, 2.24) is 9.97 Å². The molecule has 0 aliphatic heterocycles. The molecule has 0 fully saturated rings. The van der Waals surface area contributed by atoms with Gasteiger partial charge in [-0.2, -0.15) is 0 Å². The number of hydrogen-bond acceptors (Lipinski definition) is 2. The van der Waals surface area contributed by atoms with Gasteiger partial charge in [0.15, 0.2) is 0 Å². The summed E-state index contributed by atoms with van der Waals surface area (Å²) in [4.78, 5) is 7.82. The van der Waals surface area contributed by atoms with Crippen LogP contribution in [0.15, 0.2) is 29.0 Å². The predicted molar refractivity (Wildman–Crippen MR) is 76.4 cm³/mol. The zero-order valence-electron chi connectivity index (χ0n) is 9.03. The summed E-state index contributed by atoms with van der Waals surface area (Å²) in [5.41, 5.74) is 4.19. The Labute approximate surface area is 114 Å². The van der Waals surface area contributed by atoms with Gasteiger partial charge >= 0.3 is 0 Å². The Balaban J connectivity index is 0.00000108. The first-order chi connectivity index (χ1) is 7.75. The normalized spacial score (nSPS) is 10.5. The highest BCUT2D eigenvalue weighted by atomic mass is 35.5. The van der Waals surface area contributed by atoms with Crippen molar-refractivity contribution in [3.63, 3.8) is 0 Å². The van der Waals surface area contributed by atoms with Crippen molar-refractivity contribution in [3.05, 3.63) is 39.5 Å². The van der Waals surface area contributed by atoms with Crippen LogP contribution in [0.25, 0.3) is 22.4 Å². The number of hydrogen-bond donors (Lipinski definition) is 1. The van der Waals surface area contributed by atoms with Gasteiger partial charge in [0.25, 0.3) is 0 Å². The van der Waals surface area contributed by atoms with Crippen LogP contribution in [0.3, 0.4) is 0 Å². The highest BCUT2D eigenvalue weighted by molar-refractivity contribution is 7.09. The number of aromatic amines is 1. The number of aromatic nitrogens is 2. The zero-order chi connectivity index (χ0) is 11.1. The van der Waals surface area contributed by atoms with E-state index in [9.17, 15) is 0 Å². The molecule has 0 amide bonds. The molecule has 0 saturated heterocycles. The van der Waals surface area contributed by atoms with Crippen LogP contribution in [0.1, 0.15) is 5.56 Å². The summed E-state index contributed by atoms with van der Waals surface area (Å²) < 4.78 is 0. The summed E-state index contributed by atoms with van der Waals surface area (Å²) >= 11 is 7.85. The molecule has 1 N–H and O–H groups in total. The Kier molecular flexibility index (Phi) is 3.43. The smallest absolute Gasteiger partial charge is 0.140 e. The minimum Gasteiger partial charge on any atom is -0.337 e. The van der Waals surface area contributed by atoms with E-state index in [4.69, 9.17) is 11.6 Å². The number of benzene rings is 1. The largest absolute Gasteiger partial charge is 0.337 e. The van der Waals surface area contributed by atoms with E-state index in [1.165, 1.54) is 0 Å². The maximum atomic E-state index is 6.20. The van der Waals surface area contributed by atoms with E-state index >= 15 is 0 Å². The van der Waals surface area contributed by atoms with E-state index in [1.807, 2.05) is 30.5 Å². The number of halogens is 2. The molecule has 3 aromatic rings. The molecule has 0 aliphatic carbocycles. The summed E-state index contributed by atoms with van der Waals surface area (Å²) in [5.74, 6) is 0.848. The Morgan fingerprint density at radius 2 is 2.12 bits per heavy atom. The second kappa shape index (κ2) is 4.69. The van der Waals surface area contributed by atoms with Gasteiger partial charge in [0.1, 0.15) is 5.82 Å². The molecule has 0 aliphatic rings. The average molecular weight is 285 g/mol. The molecule has 2 aromatic heterocycles. The van der Waals surface area contributed by atoms with Crippen molar-refractivity contribution in [2.24, 2.45) is 0 Å². The molecule has 0 unspecified atom stereocenters. The fourth-order valence-electron chi connectivity index (χ4n) is 1.80. The SMILES string of the molecule is Cc1cccc(Cl)c1-c1nc2cscc2[nH]1.Cl. The third-order valence-corrected chi connectivity index (χ3v) is 3.63. The summed E-state index contributed by atoms with van der Waals surface area (Å²) in [6.45, 7) is 2.04. The molecule has 0 spiro atoms. The maximum Gasteiger partial charge on any atom is 0.140 e. The summed E-state index contributed by atoms with van der Waals surface area (Å²) in [6.07, 6.45) is 0. The van der Waals surface area contributed by atoms with Gasteiger partial charge < -0.3 is 4.98 Å². The molecule has 0 atom stereocenters. The molecule has 17 heavy (non-hydrogen) atoms. The van der Waals surface area contributed by atoms with Gasteiger partial charge in [0, 0.05) is 16.3 Å². The number of imidazole rings is 1. The molecular formula is C12H10Cl2N2S. The first-order valence-electron chi connectivity index (χ1n) is 4.93. The number of fused-ring (bicyclic) bond motifs is 1. The first-order valence-corrected chi connectivity index (χ1v) is 6.25. The number of aryl methyl sites for hydroxylation is 1. The maximum absolute atomic E-state index is 6.20. The molecule has 0 radical (unpaired) electrons. The van der Waals surface area contributed by atoms with Crippen molar-refractivity contribution in [3.8, 4) is 11.4 Å². The van der Waals surface area contributed by atoms with Crippen LogP contribution in [0.5, 0.6) is 0 Å².